The van der Waals surface area contributed by atoms with E-state index in [4.69, 9.17) is 4.74 Å². The van der Waals surface area contributed by atoms with Gasteiger partial charge in [0.05, 0.1) is 0 Å². The minimum Gasteiger partial charge on any atom is -0.488 e. The standard InChI is InChI=1S/C26H30N2O/c1-27(2)24-15-16-28(19-24)18-22-13-14-25(23-11-7-4-8-12-23)26(17-22)29-20-21-9-5-3-6-10-21/h3-14,17,24H,15-16,18-20H2,1-2H3. The first kappa shape index (κ1) is 19.7. The summed E-state index contributed by atoms with van der Waals surface area (Å²) in [5.74, 6) is 0.959. The molecule has 3 aromatic rings. The molecule has 0 aromatic heterocycles. The van der Waals surface area contributed by atoms with E-state index in [1.165, 1.54) is 23.1 Å². The Morgan fingerprint density at radius 1 is 0.897 bits per heavy atom. The van der Waals surface area contributed by atoms with Crippen LogP contribution in [0.25, 0.3) is 11.1 Å². The summed E-state index contributed by atoms with van der Waals surface area (Å²) in [4.78, 5) is 4.88. The number of nitrogens with zero attached hydrogens (tertiary/aromatic N) is 2. The largest absolute Gasteiger partial charge is 0.488 e. The molecule has 1 aliphatic rings. The first-order chi connectivity index (χ1) is 14.2. The Morgan fingerprint density at radius 3 is 2.31 bits per heavy atom. The van der Waals surface area contributed by atoms with Gasteiger partial charge in [-0.3, -0.25) is 4.90 Å². The maximum absolute atomic E-state index is 6.32. The molecule has 0 spiro atoms. The van der Waals surface area contributed by atoms with Crippen LogP contribution in [0.15, 0.2) is 78.9 Å². The van der Waals surface area contributed by atoms with Crippen molar-refractivity contribution >= 4 is 0 Å². The smallest absolute Gasteiger partial charge is 0.127 e. The fourth-order valence-electron chi connectivity index (χ4n) is 4.01. The Labute approximate surface area is 174 Å². The first-order valence-corrected chi connectivity index (χ1v) is 10.4. The fourth-order valence-corrected chi connectivity index (χ4v) is 4.01. The quantitative estimate of drug-likeness (QED) is 0.564. The molecule has 1 heterocycles. The summed E-state index contributed by atoms with van der Waals surface area (Å²) in [7, 11) is 4.36. The second-order valence-electron chi connectivity index (χ2n) is 8.11. The molecule has 3 aromatic carbocycles. The molecule has 1 saturated heterocycles. The number of hydrogen-bond acceptors (Lipinski definition) is 3. The summed E-state index contributed by atoms with van der Waals surface area (Å²) in [6.07, 6.45) is 1.24. The molecule has 0 aliphatic carbocycles. The van der Waals surface area contributed by atoms with Crippen LogP contribution in [0.2, 0.25) is 0 Å². The molecule has 3 nitrogen and oxygen atoms in total. The maximum Gasteiger partial charge on any atom is 0.127 e. The molecule has 4 rings (SSSR count). The Kier molecular flexibility index (Phi) is 6.28. The van der Waals surface area contributed by atoms with Crippen molar-refractivity contribution in [1.82, 2.24) is 9.80 Å². The molecule has 29 heavy (non-hydrogen) atoms. The lowest BCUT2D eigenvalue weighted by Gasteiger charge is -2.21. The van der Waals surface area contributed by atoms with Crippen LogP contribution in [0.3, 0.4) is 0 Å². The van der Waals surface area contributed by atoms with E-state index in [-0.39, 0.29) is 0 Å². The van der Waals surface area contributed by atoms with Gasteiger partial charge in [-0.05, 0) is 43.3 Å². The van der Waals surface area contributed by atoms with Gasteiger partial charge in [0.15, 0.2) is 0 Å². The molecule has 1 aliphatic heterocycles. The lowest BCUT2D eigenvalue weighted by Crippen LogP contribution is -2.31. The van der Waals surface area contributed by atoms with E-state index in [0.29, 0.717) is 12.6 Å². The normalized spacial score (nSPS) is 17.0. The summed E-state index contributed by atoms with van der Waals surface area (Å²) in [5.41, 5.74) is 4.84. The molecule has 0 saturated carbocycles. The molecular weight excluding hydrogens is 356 g/mol. The molecule has 3 heteroatoms. The number of rotatable bonds is 7. The molecule has 0 bridgehead atoms. The Bertz CT molecular complexity index is 909. The average molecular weight is 387 g/mol. The van der Waals surface area contributed by atoms with Crippen LogP contribution >= 0.6 is 0 Å². The van der Waals surface area contributed by atoms with Gasteiger partial charge in [-0.15, -0.1) is 0 Å². The Morgan fingerprint density at radius 2 is 1.62 bits per heavy atom. The lowest BCUT2D eigenvalue weighted by molar-refractivity contribution is 0.264. The highest BCUT2D eigenvalue weighted by molar-refractivity contribution is 5.70. The molecule has 150 valence electrons. The highest BCUT2D eigenvalue weighted by Crippen LogP contribution is 2.32. The van der Waals surface area contributed by atoms with Crippen LogP contribution in [0.4, 0.5) is 0 Å². The molecule has 1 fully saturated rings. The lowest BCUT2D eigenvalue weighted by atomic mass is 10.0. The van der Waals surface area contributed by atoms with Gasteiger partial charge in [-0.25, -0.2) is 0 Å². The number of likely N-dealkylation sites (N-methyl/N-ethyl adjacent to an activating group) is 1. The van der Waals surface area contributed by atoms with Crippen molar-refractivity contribution in [3.63, 3.8) is 0 Å². The molecule has 0 radical (unpaired) electrons. The van der Waals surface area contributed by atoms with Crippen molar-refractivity contribution in [2.75, 3.05) is 27.2 Å². The third-order valence-electron chi connectivity index (χ3n) is 5.75. The van der Waals surface area contributed by atoms with Crippen molar-refractivity contribution in [2.24, 2.45) is 0 Å². The number of hydrogen-bond donors (Lipinski definition) is 0. The fraction of sp³-hybridized carbons (Fsp3) is 0.308. The molecular formula is C26H30N2O. The SMILES string of the molecule is CN(C)C1CCN(Cc2ccc(-c3ccccc3)c(OCc3ccccc3)c2)C1. The predicted molar refractivity (Wildman–Crippen MR) is 120 cm³/mol. The molecule has 0 amide bonds. The monoisotopic (exact) mass is 386 g/mol. The van der Waals surface area contributed by atoms with E-state index in [1.54, 1.807) is 0 Å². The van der Waals surface area contributed by atoms with Gasteiger partial charge in [0, 0.05) is 31.2 Å². The topological polar surface area (TPSA) is 15.7 Å². The third kappa shape index (κ3) is 5.06. The van der Waals surface area contributed by atoms with Crippen molar-refractivity contribution in [2.45, 2.75) is 25.6 Å². The van der Waals surface area contributed by atoms with Crippen molar-refractivity contribution in [3.05, 3.63) is 90.0 Å². The average Bonchev–Trinajstić information content (AvgIpc) is 3.23. The van der Waals surface area contributed by atoms with E-state index in [0.717, 1.165) is 30.9 Å². The van der Waals surface area contributed by atoms with Crippen LogP contribution in [-0.4, -0.2) is 43.0 Å². The summed E-state index contributed by atoms with van der Waals surface area (Å²) >= 11 is 0. The Hall–Kier alpha value is -2.62. The summed E-state index contributed by atoms with van der Waals surface area (Å²) < 4.78 is 6.32. The van der Waals surface area contributed by atoms with Gasteiger partial charge in [0.1, 0.15) is 12.4 Å². The zero-order chi connectivity index (χ0) is 20.1. The zero-order valence-electron chi connectivity index (χ0n) is 17.4. The van der Waals surface area contributed by atoms with Gasteiger partial charge in [0.2, 0.25) is 0 Å². The maximum atomic E-state index is 6.32. The summed E-state index contributed by atoms with van der Waals surface area (Å²) in [6, 6.07) is 28.2. The van der Waals surface area contributed by atoms with Gasteiger partial charge in [0.25, 0.3) is 0 Å². The van der Waals surface area contributed by atoms with E-state index < -0.39 is 0 Å². The van der Waals surface area contributed by atoms with Crippen molar-refractivity contribution in [3.8, 4) is 16.9 Å². The molecule has 1 unspecified atom stereocenters. The molecule has 1 atom stereocenters. The van der Waals surface area contributed by atoms with Gasteiger partial charge >= 0.3 is 0 Å². The van der Waals surface area contributed by atoms with Gasteiger partial charge < -0.3 is 9.64 Å². The van der Waals surface area contributed by atoms with Gasteiger partial charge in [-0.2, -0.15) is 0 Å². The molecule has 0 N–H and O–H groups in total. The van der Waals surface area contributed by atoms with Crippen molar-refractivity contribution < 1.29 is 4.74 Å². The number of ether oxygens (including phenoxy) is 1. The zero-order valence-corrected chi connectivity index (χ0v) is 17.4. The van der Waals surface area contributed by atoms with Gasteiger partial charge in [-0.1, -0.05) is 72.8 Å². The highest BCUT2D eigenvalue weighted by atomic mass is 16.5. The predicted octanol–water partition coefficient (Wildman–Crippen LogP) is 5.07. The van der Waals surface area contributed by atoms with Crippen LogP contribution in [-0.2, 0) is 13.2 Å². The van der Waals surface area contributed by atoms with Crippen LogP contribution < -0.4 is 4.74 Å². The highest BCUT2D eigenvalue weighted by Gasteiger charge is 2.24. The Balaban J connectivity index is 1.54. The van der Waals surface area contributed by atoms with Crippen LogP contribution in [0.5, 0.6) is 5.75 Å². The van der Waals surface area contributed by atoms with E-state index in [2.05, 4.69) is 96.7 Å². The summed E-state index contributed by atoms with van der Waals surface area (Å²) in [5, 5.41) is 0. The second-order valence-corrected chi connectivity index (χ2v) is 8.11. The van der Waals surface area contributed by atoms with Crippen LogP contribution in [0, 0.1) is 0 Å². The van der Waals surface area contributed by atoms with Crippen molar-refractivity contribution in [1.29, 1.82) is 0 Å². The number of benzene rings is 3. The van der Waals surface area contributed by atoms with Crippen LogP contribution in [0.1, 0.15) is 17.5 Å². The van der Waals surface area contributed by atoms with E-state index in [1.807, 2.05) is 6.07 Å². The number of likely N-dealkylation sites (tertiary alicyclic amines) is 1. The first-order valence-electron chi connectivity index (χ1n) is 10.4. The summed E-state index contributed by atoms with van der Waals surface area (Å²) in [6.45, 7) is 3.84. The third-order valence-corrected chi connectivity index (χ3v) is 5.75. The van der Waals surface area contributed by atoms with E-state index in [9.17, 15) is 0 Å². The second kappa shape index (κ2) is 9.25. The minimum atomic E-state index is 0.580. The minimum absolute atomic E-state index is 0.580. The van der Waals surface area contributed by atoms with E-state index >= 15 is 0 Å².